The van der Waals surface area contributed by atoms with Gasteiger partial charge in [-0.1, -0.05) is 33.3 Å². The van der Waals surface area contributed by atoms with Gasteiger partial charge in [-0.3, -0.25) is 0 Å². The van der Waals surface area contributed by atoms with E-state index in [1.54, 1.807) is 6.07 Å². The Morgan fingerprint density at radius 3 is 2.46 bits per heavy atom. The fraction of sp³-hybridized carbons (Fsp3) is 0.700. The van der Waals surface area contributed by atoms with E-state index in [-0.39, 0.29) is 18.5 Å². The van der Waals surface area contributed by atoms with Crippen LogP contribution < -0.4 is 10.5 Å². The molecule has 4 heteroatoms. The number of phenolic OH excluding ortho intramolecular Hbond substituents is 1. The van der Waals surface area contributed by atoms with E-state index < -0.39 is 5.54 Å². The highest BCUT2D eigenvalue weighted by Crippen LogP contribution is 2.29. The summed E-state index contributed by atoms with van der Waals surface area (Å²) >= 11 is 0. The predicted octanol–water partition coefficient (Wildman–Crippen LogP) is 4.02. The van der Waals surface area contributed by atoms with Crippen molar-refractivity contribution in [3.63, 3.8) is 0 Å². The number of aromatic hydroxyl groups is 1. The summed E-state index contributed by atoms with van der Waals surface area (Å²) in [5.41, 5.74) is 6.57. The number of ether oxygens (including phenoxy) is 1. The molecule has 0 aliphatic heterocycles. The van der Waals surface area contributed by atoms with Gasteiger partial charge < -0.3 is 20.7 Å². The topological polar surface area (TPSA) is 75.7 Å². The Balaban J connectivity index is 2.55. The fourth-order valence-electron chi connectivity index (χ4n) is 2.67. The summed E-state index contributed by atoms with van der Waals surface area (Å²) in [5, 5.41) is 19.6. The van der Waals surface area contributed by atoms with Crippen LogP contribution in [0.1, 0.15) is 65.4 Å². The Hall–Kier alpha value is -1.26. The van der Waals surface area contributed by atoms with Gasteiger partial charge >= 0.3 is 0 Å². The number of aliphatic hydroxyl groups is 1. The van der Waals surface area contributed by atoms with Crippen molar-refractivity contribution in [1.29, 1.82) is 0 Å². The third-order valence-electron chi connectivity index (χ3n) is 4.67. The maximum atomic E-state index is 10.2. The van der Waals surface area contributed by atoms with Gasteiger partial charge in [-0.05, 0) is 62.6 Å². The predicted molar refractivity (Wildman–Crippen MR) is 99.5 cm³/mol. The van der Waals surface area contributed by atoms with Crippen molar-refractivity contribution in [2.75, 3.05) is 6.61 Å². The molecule has 0 saturated heterocycles. The summed E-state index contributed by atoms with van der Waals surface area (Å²) in [5.74, 6) is 1.42. The fourth-order valence-corrected chi connectivity index (χ4v) is 2.67. The van der Waals surface area contributed by atoms with Crippen LogP contribution in [-0.4, -0.2) is 28.5 Å². The molecular weight excluding hydrogens is 302 g/mol. The molecular formula is C20H35NO3. The zero-order valence-corrected chi connectivity index (χ0v) is 15.7. The molecule has 0 bridgehead atoms. The molecule has 4 N–H and O–H groups in total. The average Bonchev–Trinajstić information content (AvgIpc) is 2.54. The highest BCUT2D eigenvalue weighted by molar-refractivity contribution is 5.42. The summed E-state index contributed by atoms with van der Waals surface area (Å²) in [6.45, 7) is 8.44. The highest BCUT2D eigenvalue weighted by Gasteiger charge is 2.21. The molecule has 0 aliphatic carbocycles. The van der Waals surface area contributed by atoms with Crippen molar-refractivity contribution >= 4 is 0 Å². The van der Waals surface area contributed by atoms with Crippen molar-refractivity contribution in [2.24, 2.45) is 11.7 Å². The summed E-state index contributed by atoms with van der Waals surface area (Å²) in [6.07, 6.45) is 5.54. The molecule has 1 rings (SSSR count). The summed E-state index contributed by atoms with van der Waals surface area (Å²) < 4.78 is 5.85. The number of phenols is 1. The molecule has 0 aromatic heterocycles. The molecule has 1 unspecified atom stereocenters. The lowest BCUT2D eigenvalue weighted by molar-refractivity contribution is 0.182. The molecule has 0 amide bonds. The molecule has 0 radical (unpaired) electrons. The SMILES string of the molecule is CCC(N)(CO)CCc1ccc(O[C@@H](C)CCCC(C)C)c(O)c1. The Kier molecular flexibility index (Phi) is 8.57. The third kappa shape index (κ3) is 7.10. The lowest BCUT2D eigenvalue weighted by Gasteiger charge is -2.25. The second-order valence-corrected chi connectivity index (χ2v) is 7.43. The molecule has 1 aromatic carbocycles. The number of hydrogen-bond donors (Lipinski definition) is 3. The molecule has 0 fully saturated rings. The molecule has 2 atom stereocenters. The maximum Gasteiger partial charge on any atom is 0.161 e. The zero-order chi connectivity index (χ0) is 18.2. The molecule has 0 saturated carbocycles. The minimum atomic E-state index is -0.546. The first-order valence-electron chi connectivity index (χ1n) is 9.18. The lowest BCUT2D eigenvalue weighted by Crippen LogP contribution is -2.43. The zero-order valence-electron chi connectivity index (χ0n) is 15.7. The van der Waals surface area contributed by atoms with Crippen molar-refractivity contribution in [2.45, 2.75) is 77.9 Å². The van der Waals surface area contributed by atoms with Gasteiger partial charge in [0.05, 0.1) is 12.7 Å². The molecule has 0 spiro atoms. The minimum absolute atomic E-state index is 0.0232. The quantitative estimate of drug-likeness (QED) is 0.570. The number of rotatable bonds is 11. The first-order chi connectivity index (χ1) is 11.3. The summed E-state index contributed by atoms with van der Waals surface area (Å²) in [7, 11) is 0. The minimum Gasteiger partial charge on any atom is -0.504 e. The molecule has 4 nitrogen and oxygen atoms in total. The van der Waals surface area contributed by atoms with Gasteiger partial charge in [-0.15, -0.1) is 0 Å². The van der Waals surface area contributed by atoms with E-state index >= 15 is 0 Å². The van der Waals surface area contributed by atoms with Crippen LogP contribution in [0.2, 0.25) is 0 Å². The number of nitrogens with two attached hydrogens (primary N) is 1. The van der Waals surface area contributed by atoms with Crippen LogP contribution in [0.3, 0.4) is 0 Å². The Morgan fingerprint density at radius 1 is 1.21 bits per heavy atom. The number of benzene rings is 1. The maximum absolute atomic E-state index is 10.2. The number of aryl methyl sites for hydroxylation is 1. The second-order valence-electron chi connectivity index (χ2n) is 7.43. The van der Waals surface area contributed by atoms with Crippen LogP contribution in [0.15, 0.2) is 18.2 Å². The van der Waals surface area contributed by atoms with E-state index in [2.05, 4.69) is 13.8 Å². The molecule has 0 aliphatic rings. The van der Waals surface area contributed by atoms with Crippen LogP contribution in [-0.2, 0) is 6.42 Å². The van der Waals surface area contributed by atoms with E-state index in [0.717, 1.165) is 31.2 Å². The van der Waals surface area contributed by atoms with Crippen molar-refractivity contribution in [3.05, 3.63) is 23.8 Å². The first-order valence-corrected chi connectivity index (χ1v) is 9.18. The van der Waals surface area contributed by atoms with E-state index in [4.69, 9.17) is 10.5 Å². The third-order valence-corrected chi connectivity index (χ3v) is 4.67. The summed E-state index contributed by atoms with van der Waals surface area (Å²) in [4.78, 5) is 0. The summed E-state index contributed by atoms with van der Waals surface area (Å²) in [6, 6.07) is 5.53. The van der Waals surface area contributed by atoms with Crippen LogP contribution in [0.25, 0.3) is 0 Å². The van der Waals surface area contributed by atoms with Crippen LogP contribution in [0.4, 0.5) is 0 Å². The van der Waals surface area contributed by atoms with Gasteiger partial charge in [-0.25, -0.2) is 0 Å². The molecule has 0 heterocycles. The highest BCUT2D eigenvalue weighted by atomic mass is 16.5. The number of hydrogen-bond acceptors (Lipinski definition) is 4. The van der Waals surface area contributed by atoms with Crippen molar-refractivity contribution < 1.29 is 14.9 Å². The Bertz CT molecular complexity index is 484. The average molecular weight is 338 g/mol. The smallest absolute Gasteiger partial charge is 0.161 e. The first kappa shape index (κ1) is 20.8. The largest absolute Gasteiger partial charge is 0.504 e. The van der Waals surface area contributed by atoms with Gasteiger partial charge in [0.1, 0.15) is 0 Å². The lowest BCUT2D eigenvalue weighted by atomic mass is 9.90. The van der Waals surface area contributed by atoms with E-state index in [0.29, 0.717) is 18.1 Å². The van der Waals surface area contributed by atoms with E-state index in [1.807, 2.05) is 26.0 Å². The molecule has 1 aromatic rings. The van der Waals surface area contributed by atoms with Crippen LogP contribution in [0, 0.1) is 5.92 Å². The van der Waals surface area contributed by atoms with Gasteiger partial charge in [0.25, 0.3) is 0 Å². The normalized spacial score (nSPS) is 15.3. The van der Waals surface area contributed by atoms with Gasteiger partial charge in [-0.2, -0.15) is 0 Å². The standard InChI is InChI=1S/C20H35NO3/c1-5-20(21,14-22)12-11-17-9-10-19(18(23)13-17)24-16(4)8-6-7-15(2)3/h9-10,13,15-16,22-23H,5-8,11-12,14,21H2,1-4H3/t16-,20?/m0/s1. The molecule has 24 heavy (non-hydrogen) atoms. The van der Waals surface area contributed by atoms with Crippen molar-refractivity contribution in [3.8, 4) is 11.5 Å². The van der Waals surface area contributed by atoms with Crippen molar-refractivity contribution in [1.82, 2.24) is 0 Å². The van der Waals surface area contributed by atoms with Gasteiger partial charge in [0.15, 0.2) is 11.5 Å². The second kappa shape index (κ2) is 9.90. The molecule has 138 valence electrons. The Labute approximate surface area is 147 Å². The van der Waals surface area contributed by atoms with Gasteiger partial charge in [0.2, 0.25) is 0 Å². The monoisotopic (exact) mass is 337 g/mol. The van der Waals surface area contributed by atoms with Crippen LogP contribution >= 0.6 is 0 Å². The van der Waals surface area contributed by atoms with Gasteiger partial charge in [0, 0.05) is 5.54 Å². The van der Waals surface area contributed by atoms with E-state index in [1.165, 1.54) is 6.42 Å². The Morgan fingerprint density at radius 2 is 1.92 bits per heavy atom. The van der Waals surface area contributed by atoms with E-state index in [9.17, 15) is 10.2 Å². The number of aliphatic hydroxyl groups excluding tert-OH is 1. The van der Waals surface area contributed by atoms with Crippen LogP contribution in [0.5, 0.6) is 11.5 Å².